The normalized spacial score (nSPS) is 10.5. The standard InChI is InChI=1S/C14H14N2O5/c17-14(18)13-11(6-8-21-13)9-15-7-5-10-1-3-12(4-2-10)16(19)20/h1-4,6,8,15H,5,7,9H2,(H,17,18). The Balaban J connectivity index is 1.80. The maximum atomic E-state index is 10.8. The number of benzene rings is 1. The number of hydrogen-bond acceptors (Lipinski definition) is 5. The monoisotopic (exact) mass is 290 g/mol. The minimum atomic E-state index is -1.09. The number of carboxylic acid groups (broad SMARTS) is 1. The van der Waals surface area contributed by atoms with Crippen molar-refractivity contribution in [2.45, 2.75) is 13.0 Å². The highest BCUT2D eigenvalue weighted by Crippen LogP contribution is 2.12. The van der Waals surface area contributed by atoms with Gasteiger partial charge < -0.3 is 14.8 Å². The lowest BCUT2D eigenvalue weighted by atomic mass is 10.1. The summed E-state index contributed by atoms with van der Waals surface area (Å²) in [5.74, 6) is -1.15. The molecule has 0 aliphatic heterocycles. The fourth-order valence-corrected chi connectivity index (χ4v) is 1.90. The van der Waals surface area contributed by atoms with Gasteiger partial charge in [0.15, 0.2) is 0 Å². The van der Waals surface area contributed by atoms with Crippen molar-refractivity contribution in [1.82, 2.24) is 5.32 Å². The molecule has 2 aromatic rings. The van der Waals surface area contributed by atoms with Crippen molar-refractivity contribution in [1.29, 1.82) is 0 Å². The highest BCUT2D eigenvalue weighted by molar-refractivity contribution is 5.86. The molecule has 0 amide bonds. The van der Waals surface area contributed by atoms with E-state index in [1.807, 2.05) is 0 Å². The van der Waals surface area contributed by atoms with E-state index in [1.54, 1.807) is 18.2 Å². The summed E-state index contributed by atoms with van der Waals surface area (Å²) in [6.07, 6.45) is 2.04. The van der Waals surface area contributed by atoms with E-state index in [0.29, 0.717) is 25.1 Å². The second-order valence-corrected chi connectivity index (χ2v) is 4.43. The molecule has 7 nitrogen and oxygen atoms in total. The van der Waals surface area contributed by atoms with Gasteiger partial charge in [-0.05, 0) is 24.6 Å². The van der Waals surface area contributed by atoms with E-state index >= 15 is 0 Å². The maximum absolute atomic E-state index is 10.8. The molecule has 0 unspecified atom stereocenters. The average Bonchev–Trinajstić information content (AvgIpc) is 2.92. The van der Waals surface area contributed by atoms with Gasteiger partial charge in [0, 0.05) is 24.2 Å². The van der Waals surface area contributed by atoms with Gasteiger partial charge in [0.25, 0.3) is 5.69 Å². The van der Waals surface area contributed by atoms with Crippen LogP contribution in [0.3, 0.4) is 0 Å². The molecule has 0 fully saturated rings. The van der Waals surface area contributed by atoms with E-state index in [-0.39, 0.29) is 11.4 Å². The predicted molar refractivity (Wildman–Crippen MR) is 74.2 cm³/mol. The van der Waals surface area contributed by atoms with Crippen LogP contribution in [0.15, 0.2) is 41.0 Å². The Bertz CT molecular complexity index is 633. The van der Waals surface area contributed by atoms with Gasteiger partial charge in [-0.3, -0.25) is 10.1 Å². The highest BCUT2D eigenvalue weighted by atomic mass is 16.6. The Morgan fingerprint density at radius 1 is 1.29 bits per heavy atom. The molecule has 7 heteroatoms. The quantitative estimate of drug-likeness (QED) is 0.460. The Morgan fingerprint density at radius 2 is 2.00 bits per heavy atom. The Labute approximate surface area is 120 Å². The van der Waals surface area contributed by atoms with Gasteiger partial charge in [0.1, 0.15) is 0 Å². The minimum Gasteiger partial charge on any atom is -0.475 e. The van der Waals surface area contributed by atoms with Gasteiger partial charge in [-0.25, -0.2) is 4.79 Å². The van der Waals surface area contributed by atoms with Gasteiger partial charge in [-0.2, -0.15) is 0 Å². The molecular formula is C14H14N2O5. The fraction of sp³-hybridized carbons (Fsp3) is 0.214. The number of nitro groups is 1. The molecule has 110 valence electrons. The smallest absolute Gasteiger partial charge is 0.372 e. The SMILES string of the molecule is O=C(O)c1occc1CNCCc1ccc([N+](=O)[O-])cc1. The van der Waals surface area contributed by atoms with Crippen molar-refractivity contribution in [3.05, 3.63) is 63.6 Å². The van der Waals surface area contributed by atoms with Gasteiger partial charge in [0.05, 0.1) is 11.2 Å². The molecular weight excluding hydrogens is 276 g/mol. The summed E-state index contributed by atoms with van der Waals surface area (Å²) < 4.78 is 4.87. The third kappa shape index (κ3) is 3.90. The summed E-state index contributed by atoms with van der Waals surface area (Å²) in [4.78, 5) is 20.9. The zero-order valence-corrected chi connectivity index (χ0v) is 11.1. The van der Waals surface area contributed by atoms with Crippen LogP contribution in [0, 0.1) is 10.1 Å². The molecule has 0 radical (unpaired) electrons. The van der Waals surface area contributed by atoms with Gasteiger partial charge in [0.2, 0.25) is 5.76 Å². The number of nitro benzene ring substituents is 1. The van der Waals surface area contributed by atoms with Crippen LogP contribution in [0.5, 0.6) is 0 Å². The predicted octanol–water partition coefficient (Wildman–Crippen LogP) is 2.22. The molecule has 0 bridgehead atoms. The van der Waals surface area contributed by atoms with Crippen LogP contribution in [-0.4, -0.2) is 22.5 Å². The zero-order chi connectivity index (χ0) is 15.2. The Morgan fingerprint density at radius 3 is 2.62 bits per heavy atom. The third-order valence-electron chi connectivity index (χ3n) is 2.99. The number of hydrogen-bond donors (Lipinski definition) is 2. The topological polar surface area (TPSA) is 106 Å². The van der Waals surface area contributed by atoms with Crippen molar-refractivity contribution in [3.8, 4) is 0 Å². The molecule has 0 spiro atoms. The first kappa shape index (κ1) is 14.7. The number of non-ortho nitro benzene ring substituents is 1. The first-order chi connectivity index (χ1) is 10.1. The van der Waals surface area contributed by atoms with E-state index in [0.717, 1.165) is 5.56 Å². The van der Waals surface area contributed by atoms with E-state index in [4.69, 9.17) is 9.52 Å². The molecule has 2 N–H and O–H groups in total. The molecule has 1 heterocycles. The summed E-state index contributed by atoms with van der Waals surface area (Å²) in [6, 6.07) is 7.96. The Hall–Kier alpha value is -2.67. The first-order valence-corrected chi connectivity index (χ1v) is 6.31. The second kappa shape index (κ2) is 6.67. The van der Waals surface area contributed by atoms with Crippen LogP contribution >= 0.6 is 0 Å². The molecule has 0 atom stereocenters. The zero-order valence-electron chi connectivity index (χ0n) is 11.1. The van der Waals surface area contributed by atoms with Crippen molar-refractivity contribution in [2.24, 2.45) is 0 Å². The lowest BCUT2D eigenvalue weighted by Gasteiger charge is -2.04. The van der Waals surface area contributed by atoms with E-state index in [1.165, 1.54) is 18.4 Å². The highest BCUT2D eigenvalue weighted by Gasteiger charge is 2.12. The van der Waals surface area contributed by atoms with Crippen molar-refractivity contribution in [2.75, 3.05) is 6.54 Å². The minimum absolute atomic E-state index is 0.0576. The molecule has 0 saturated carbocycles. The van der Waals surface area contributed by atoms with E-state index in [2.05, 4.69) is 5.32 Å². The molecule has 0 aliphatic rings. The van der Waals surface area contributed by atoms with Crippen molar-refractivity contribution >= 4 is 11.7 Å². The summed E-state index contributed by atoms with van der Waals surface area (Å²) in [5, 5.41) is 22.5. The molecule has 1 aromatic carbocycles. The molecule has 0 saturated heterocycles. The maximum Gasteiger partial charge on any atom is 0.372 e. The number of furan rings is 1. The number of carbonyl (C=O) groups is 1. The van der Waals surface area contributed by atoms with Crippen LogP contribution in [0.4, 0.5) is 5.69 Å². The van der Waals surface area contributed by atoms with Crippen LogP contribution < -0.4 is 5.32 Å². The summed E-state index contributed by atoms with van der Waals surface area (Å²) in [7, 11) is 0. The van der Waals surface area contributed by atoms with Gasteiger partial charge >= 0.3 is 5.97 Å². The van der Waals surface area contributed by atoms with E-state index < -0.39 is 10.9 Å². The largest absolute Gasteiger partial charge is 0.475 e. The van der Waals surface area contributed by atoms with Crippen LogP contribution in [0.1, 0.15) is 21.7 Å². The third-order valence-corrected chi connectivity index (χ3v) is 2.99. The average molecular weight is 290 g/mol. The van der Waals surface area contributed by atoms with E-state index in [9.17, 15) is 14.9 Å². The van der Waals surface area contributed by atoms with Gasteiger partial charge in [-0.15, -0.1) is 0 Å². The number of nitrogens with one attached hydrogen (secondary N) is 1. The number of rotatable bonds is 7. The molecule has 2 rings (SSSR count). The van der Waals surface area contributed by atoms with Crippen LogP contribution in [-0.2, 0) is 13.0 Å². The van der Waals surface area contributed by atoms with Crippen molar-refractivity contribution in [3.63, 3.8) is 0 Å². The summed E-state index contributed by atoms with van der Waals surface area (Å²) in [5.41, 5.74) is 1.63. The lowest BCUT2D eigenvalue weighted by molar-refractivity contribution is -0.384. The van der Waals surface area contributed by atoms with Crippen LogP contribution in [0.25, 0.3) is 0 Å². The summed E-state index contributed by atoms with van der Waals surface area (Å²) in [6.45, 7) is 1.02. The Kier molecular flexibility index (Phi) is 4.68. The number of carboxylic acids is 1. The number of aromatic carboxylic acids is 1. The van der Waals surface area contributed by atoms with Gasteiger partial charge in [-0.1, -0.05) is 12.1 Å². The number of nitrogens with zero attached hydrogens (tertiary/aromatic N) is 1. The molecule has 21 heavy (non-hydrogen) atoms. The first-order valence-electron chi connectivity index (χ1n) is 6.31. The second-order valence-electron chi connectivity index (χ2n) is 4.43. The summed E-state index contributed by atoms with van der Waals surface area (Å²) >= 11 is 0. The fourth-order valence-electron chi connectivity index (χ4n) is 1.90. The molecule has 0 aliphatic carbocycles. The molecule has 1 aromatic heterocycles. The van der Waals surface area contributed by atoms with Crippen molar-refractivity contribution < 1.29 is 19.2 Å². The van der Waals surface area contributed by atoms with Crippen LogP contribution in [0.2, 0.25) is 0 Å². The lowest BCUT2D eigenvalue weighted by Crippen LogP contribution is -2.17.